The van der Waals surface area contributed by atoms with Crippen LogP contribution in [0.5, 0.6) is 0 Å². The Balaban J connectivity index is 1.95. The minimum atomic E-state index is 0.384. The van der Waals surface area contributed by atoms with Crippen molar-refractivity contribution in [2.45, 2.75) is 58.1 Å². The van der Waals surface area contributed by atoms with Gasteiger partial charge in [0, 0.05) is 11.5 Å². The first-order valence-corrected chi connectivity index (χ1v) is 6.46. The van der Waals surface area contributed by atoms with Crippen LogP contribution in [0.3, 0.4) is 0 Å². The lowest BCUT2D eigenvalue weighted by Crippen LogP contribution is -2.50. The standard InChI is InChI=1S/C13H25NO/c1-11(2)15-10-13(7-5-8-13)12-6-4-9-14(12)3/h11-12H,4-10H2,1-3H3. The summed E-state index contributed by atoms with van der Waals surface area (Å²) < 4.78 is 5.88. The molecule has 2 heteroatoms. The Morgan fingerprint density at radius 1 is 1.33 bits per heavy atom. The van der Waals surface area contributed by atoms with Gasteiger partial charge < -0.3 is 9.64 Å². The van der Waals surface area contributed by atoms with Crippen molar-refractivity contribution in [1.82, 2.24) is 4.90 Å². The highest BCUT2D eigenvalue weighted by molar-refractivity contribution is 5.00. The summed E-state index contributed by atoms with van der Waals surface area (Å²) >= 11 is 0. The van der Waals surface area contributed by atoms with Gasteiger partial charge in [0.1, 0.15) is 0 Å². The first-order valence-electron chi connectivity index (χ1n) is 6.46. The zero-order valence-electron chi connectivity index (χ0n) is 10.5. The van der Waals surface area contributed by atoms with Gasteiger partial charge in [-0.25, -0.2) is 0 Å². The van der Waals surface area contributed by atoms with E-state index in [0.717, 1.165) is 12.6 Å². The number of hydrogen-bond acceptors (Lipinski definition) is 2. The van der Waals surface area contributed by atoms with E-state index < -0.39 is 0 Å². The van der Waals surface area contributed by atoms with E-state index in [2.05, 4.69) is 25.8 Å². The molecule has 1 atom stereocenters. The number of hydrogen-bond donors (Lipinski definition) is 0. The van der Waals surface area contributed by atoms with Crippen molar-refractivity contribution in [3.63, 3.8) is 0 Å². The molecule has 1 saturated heterocycles. The third-order valence-electron chi connectivity index (χ3n) is 4.28. The van der Waals surface area contributed by atoms with Gasteiger partial charge in [-0.1, -0.05) is 6.42 Å². The summed E-state index contributed by atoms with van der Waals surface area (Å²) in [7, 11) is 2.28. The summed E-state index contributed by atoms with van der Waals surface area (Å²) in [6.07, 6.45) is 7.33. The van der Waals surface area contributed by atoms with Crippen molar-refractivity contribution in [2.75, 3.05) is 20.2 Å². The molecule has 2 aliphatic rings. The highest BCUT2D eigenvalue weighted by Crippen LogP contribution is 2.48. The minimum absolute atomic E-state index is 0.384. The van der Waals surface area contributed by atoms with Crippen LogP contribution in [0.4, 0.5) is 0 Å². The normalized spacial score (nSPS) is 30.8. The lowest BCUT2D eigenvalue weighted by Gasteiger charge is -2.49. The van der Waals surface area contributed by atoms with E-state index in [0.29, 0.717) is 11.5 Å². The van der Waals surface area contributed by atoms with E-state index in [1.807, 2.05) is 0 Å². The molecule has 2 rings (SSSR count). The van der Waals surface area contributed by atoms with Gasteiger partial charge in [0.2, 0.25) is 0 Å². The molecule has 1 saturated carbocycles. The van der Waals surface area contributed by atoms with Crippen LogP contribution in [-0.4, -0.2) is 37.2 Å². The zero-order chi connectivity index (χ0) is 10.9. The van der Waals surface area contributed by atoms with Crippen molar-refractivity contribution in [2.24, 2.45) is 5.41 Å². The van der Waals surface area contributed by atoms with Gasteiger partial charge in [-0.15, -0.1) is 0 Å². The van der Waals surface area contributed by atoms with Gasteiger partial charge in [-0.2, -0.15) is 0 Å². The maximum atomic E-state index is 5.88. The van der Waals surface area contributed by atoms with E-state index in [9.17, 15) is 0 Å². The molecule has 0 amide bonds. The summed E-state index contributed by atoms with van der Waals surface area (Å²) in [6, 6.07) is 0.796. The summed E-state index contributed by atoms with van der Waals surface area (Å²) in [6.45, 7) is 6.56. The zero-order valence-corrected chi connectivity index (χ0v) is 10.5. The maximum absolute atomic E-state index is 5.88. The first kappa shape index (κ1) is 11.4. The molecule has 0 aromatic heterocycles. The van der Waals surface area contributed by atoms with Crippen molar-refractivity contribution in [1.29, 1.82) is 0 Å². The molecule has 1 heterocycles. The molecule has 0 aromatic rings. The van der Waals surface area contributed by atoms with E-state index in [1.54, 1.807) is 0 Å². The molecule has 1 aliphatic heterocycles. The number of likely N-dealkylation sites (tertiary alicyclic amines) is 1. The molecule has 0 N–H and O–H groups in total. The molecule has 2 fully saturated rings. The van der Waals surface area contributed by atoms with Gasteiger partial charge in [0.05, 0.1) is 12.7 Å². The third-order valence-corrected chi connectivity index (χ3v) is 4.28. The molecule has 2 nitrogen and oxygen atoms in total. The van der Waals surface area contributed by atoms with Crippen molar-refractivity contribution >= 4 is 0 Å². The molecule has 0 spiro atoms. The van der Waals surface area contributed by atoms with Crippen molar-refractivity contribution in [3.8, 4) is 0 Å². The van der Waals surface area contributed by atoms with Crippen LogP contribution in [0.1, 0.15) is 46.0 Å². The fraction of sp³-hybridized carbons (Fsp3) is 1.00. The lowest BCUT2D eigenvalue weighted by molar-refractivity contribution is -0.0707. The van der Waals surface area contributed by atoms with Gasteiger partial charge in [-0.3, -0.25) is 0 Å². The third kappa shape index (κ3) is 2.21. The lowest BCUT2D eigenvalue weighted by atomic mass is 9.64. The molecule has 1 aliphatic carbocycles. The topological polar surface area (TPSA) is 12.5 Å². The summed E-state index contributed by atoms with van der Waals surface area (Å²) in [5.74, 6) is 0. The molecule has 0 radical (unpaired) electrons. The van der Waals surface area contributed by atoms with Crippen LogP contribution in [0.25, 0.3) is 0 Å². The number of rotatable bonds is 4. The Kier molecular flexibility index (Phi) is 3.36. The van der Waals surface area contributed by atoms with Crippen LogP contribution < -0.4 is 0 Å². The van der Waals surface area contributed by atoms with E-state index >= 15 is 0 Å². The van der Waals surface area contributed by atoms with E-state index in [4.69, 9.17) is 4.74 Å². The van der Waals surface area contributed by atoms with Crippen LogP contribution in [-0.2, 0) is 4.74 Å². The molecule has 0 bridgehead atoms. The molecule has 1 unspecified atom stereocenters. The van der Waals surface area contributed by atoms with Gasteiger partial charge in [-0.05, 0) is 53.1 Å². The van der Waals surface area contributed by atoms with Crippen molar-refractivity contribution in [3.05, 3.63) is 0 Å². The fourth-order valence-electron chi connectivity index (χ4n) is 3.22. The van der Waals surface area contributed by atoms with E-state index in [-0.39, 0.29) is 0 Å². The Bertz CT molecular complexity index is 211. The van der Waals surface area contributed by atoms with Crippen LogP contribution in [0.2, 0.25) is 0 Å². The van der Waals surface area contributed by atoms with Gasteiger partial charge in [0.15, 0.2) is 0 Å². The average Bonchev–Trinajstić information content (AvgIpc) is 2.50. The first-order chi connectivity index (χ1) is 7.14. The molecular weight excluding hydrogens is 186 g/mol. The minimum Gasteiger partial charge on any atom is -0.378 e. The Labute approximate surface area is 94.0 Å². The predicted octanol–water partition coefficient (Wildman–Crippen LogP) is 2.68. The summed E-state index contributed by atoms with van der Waals surface area (Å²) in [5, 5.41) is 0. The Morgan fingerprint density at radius 3 is 2.47 bits per heavy atom. The number of ether oxygens (including phenoxy) is 1. The fourth-order valence-corrected chi connectivity index (χ4v) is 3.22. The second kappa shape index (κ2) is 4.42. The smallest absolute Gasteiger partial charge is 0.0540 e. The second-order valence-corrected chi connectivity index (χ2v) is 5.71. The van der Waals surface area contributed by atoms with E-state index in [1.165, 1.54) is 38.6 Å². The molecular formula is C13H25NO. The quantitative estimate of drug-likeness (QED) is 0.709. The highest BCUT2D eigenvalue weighted by atomic mass is 16.5. The SMILES string of the molecule is CC(C)OCC1(C2CCCN2C)CCC1. The van der Waals surface area contributed by atoms with Gasteiger partial charge in [0.25, 0.3) is 0 Å². The van der Waals surface area contributed by atoms with Crippen LogP contribution in [0, 0.1) is 5.41 Å². The second-order valence-electron chi connectivity index (χ2n) is 5.71. The number of nitrogens with zero attached hydrogens (tertiary/aromatic N) is 1. The van der Waals surface area contributed by atoms with Crippen LogP contribution in [0.15, 0.2) is 0 Å². The highest BCUT2D eigenvalue weighted by Gasteiger charge is 2.47. The summed E-state index contributed by atoms with van der Waals surface area (Å²) in [4.78, 5) is 2.56. The average molecular weight is 211 g/mol. The van der Waals surface area contributed by atoms with Gasteiger partial charge >= 0.3 is 0 Å². The molecule has 88 valence electrons. The maximum Gasteiger partial charge on any atom is 0.0540 e. The van der Waals surface area contributed by atoms with Crippen molar-refractivity contribution < 1.29 is 4.74 Å². The predicted molar refractivity (Wildman–Crippen MR) is 63.0 cm³/mol. The summed E-state index contributed by atoms with van der Waals surface area (Å²) in [5.41, 5.74) is 0.509. The monoisotopic (exact) mass is 211 g/mol. The molecule has 0 aromatic carbocycles. The van der Waals surface area contributed by atoms with Crippen LogP contribution >= 0.6 is 0 Å². The molecule has 15 heavy (non-hydrogen) atoms. The Hall–Kier alpha value is -0.0800. The Morgan fingerprint density at radius 2 is 2.07 bits per heavy atom. The largest absolute Gasteiger partial charge is 0.378 e.